The molecule has 22 heavy (non-hydrogen) atoms. The molecule has 1 aromatic carbocycles. The van der Waals surface area contributed by atoms with Crippen LogP contribution in [0.1, 0.15) is 46.1 Å². The Labute approximate surface area is 151 Å². The third kappa shape index (κ3) is 6.06. The molecule has 1 rings (SSSR count). The molecule has 0 amide bonds. The monoisotopic (exact) mass is 428 g/mol. The third-order valence-electron chi connectivity index (χ3n) is 4.24. The fraction of sp³-hybridized carbons (Fsp3) is 0.579. The second-order valence-electron chi connectivity index (χ2n) is 7.23. The Morgan fingerprint density at radius 3 is 2.41 bits per heavy atom. The maximum atomic E-state index is 6.57. The second-order valence-corrected chi connectivity index (χ2v) is 13.2. The van der Waals surface area contributed by atoms with Gasteiger partial charge in [-0.15, -0.1) is 5.92 Å². The average Bonchev–Trinajstić information content (AvgIpc) is 2.40. The fourth-order valence-electron chi connectivity index (χ4n) is 1.83. The van der Waals surface area contributed by atoms with E-state index < -0.39 is 8.32 Å². The van der Waals surface area contributed by atoms with Crippen molar-refractivity contribution in [2.45, 2.75) is 71.2 Å². The van der Waals surface area contributed by atoms with Crippen molar-refractivity contribution < 1.29 is 4.43 Å². The number of hydrogen-bond donors (Lipinski definition) is 0. The zero-order valence-corrected chi connectivity index (χ0v) is 18.0. The van der Waals surface area contributed by atoms with Crippen molar-refractivity contribution in [3.8, 4) is 11.8 Å². The van der Waals surface area contributed by atoms with Gasteiger partial charge in [-0.25, -0.2) is 0 Å². The quantitative estimate of drug-likeness (QED) is 0.316. The Morgan fingerprint density at radius 2 is 1.86 bits per heavy atom. The van der Waals surface area contributed by atoms with Gasteiger partial charge in [-0.05, 0) is 58.8 Å². The SMILES string of the molecule is CCCC#CC(Cc1ccccc1I)O[Si](C)(C)C(C)(C)C. The molecule has 122 valence electrons. The van der Waals surface area contributed by atoms with Gasteiger partial charge in [0.05, 0.1) is 0 Å². The third-order valence-corrected chi connectivity index (χ3v) is 9.78. The van der Waals surface area contributed by atoms with Crippen LogP contribution in [0.2, 0.25) is 18.1 Å². The van der Waals surface area contributed by atoms with E-state index in [9.17, 15) is 0 Å². The summed E-state index contributed by atoms with van der Waals surface area (Å²) in [4.78, 5) is 0. The first-order valence-corrected chi connectivity index (χ1v) is 12.1. The highest BCUT2D eigenvalue weighted by atomic mass is 127. The van der Waals surface area contributed by atoms with Crippen LogP contribution in [0.4, 0.5) is 0 Å². The molecule has 0 aliphatic carbocycles. The Morgan fingerprint density at radius 1 is 1.23 bits per heavy atom. The minimum absolute atomic E-state index is 0.00311. The Bertz CT molecular complexity index is 534. The van der Waals surface area contributed by atoms with Crippen LogP contribution < -0.4 is 0 Å². The molecule has 0 aliphatic rings. The zero-order chi connectivity index (χ0) is 16.8. The molecule has 1 nitrogen and oxygen atoms in total. The van der Waals surface area contributed by atoms with Gasteiger partial charge in [0, 0.05) is 16.4 Å². The van der Waals surface area contributed by atoms with Gasteiger partial charge in [0.15, 0.2) is 8.32 Å². The van der Waals surface area contributed by atoms with Gasteiger partial charge < -0.3 is 4.43 Å². The molecule has 0 spiro atoms. The molecule has 0 heterocycles. The van der Waals surface area contributed by atoms with E-state index in [0.717, 1.165) is 19.3 Å². The fourth-order valence-corrected chi connectivity index (χ4v) is 3.64. The molecule has 0 bridgehead atoms. The molecular weight excluding hydrogens is 399 g/mol. The van der Waals surface area contributed by atoms with Crippen molar-refractivity contribution in [2.75, 3.05) is 0 Å². The van der Waals surface area contributed by atoms with Crippen LogP contribution in [-0.4, -0.2) is 14.4 Å². The van der Waals surface area contributed by atoms with Gasteiger partial charge in [-0.3, -0.25) is 0 Å². The summed E-state index contributed by atoms with van der Waals surface area (Å²) in [7, 11) is -1.80. The lowest BCUT2D eigenvalue weighted by molar-refractivity contribution is 0.233. The van der Waals surface area contributed by atoms with Crippen molar-refractivity contribution >= 4 is 30.9 Å². The van der Waals surface area contributed by atoms with Crippen molar-refractivity contribution in [1.82, 2.24) is 0 Å². The Balaban J connectivity index is 2.95. The normalized spacial score (nSPS) is 13.4. The number of benzene rings is 1. The molecule has 1 unspecified atom stereocenters. The van der Waals surface area contributed by atoms with Gasteiger partial charge >= 0.3 is 0 Å². The van der Waals surface area contributed by atoms with Crippen LogP contribution in [0.15, 0.2) is 24.3 Å². The van der Waals surface area contributed by atoms with Crippen molar-refractivity contribution in [2.24, 2.45) is 0 Å². The summed E-state index contributed by atoms with van der Waals surface area (Å²) in [6.45, 7) is 13.6. The van der Waals surface area contributed by atoms with Gasteiger partial charge in [0.2, 0.25) is 0 Å². The summed E-state index contributed by atoms with van der Waals surface area (Å²) in [6, 6.07) is 8.52. The molecule has 0 saturated heterocycles. The van der Waals surface area contributed by atoms with Crippen molar-refractivity contribution in [1.29, 1.82) is 0 Å². The van der Waals surface area contributed by atoms with E-state index in [1.807, 2.05) is 0 Å². The smallest absolute Gasteiger partial charge is 0.193 e. The van der Waals surface area contributed by atoms with Gasteiger partial charge in [-0.1, -0.05) is 51.8 Å². The van der Waals surface area contributed by atoms with Crippen molar-refractivity contribution in [3.05, 3.63) is 33.4 Å². The first kappa shape index (κ1) is 19.7. The summed E-state index contributed by atoms with van der Waals surface area (Å²) in [5.74, 6) is 6.68. The van der Waals surface area contributed by atoms with Crippen LogP contribution in [0.25, 0.3) is 0 Å². The van der Waals surface area contributed by atoms with E-state index in [1.165, 1.54) is 9.13 Å². The predicted octanol–water partition coefficient (Wildman–Crippen LogP) is 6.03. The highest BCUT2D eigenvalue weighted by molar-refractivity contribution is 14.1. The summed E-state index contributed by atoms with van der Waals surface area (Å²) >= 11 is 2.40. The van der Waals surface area contributed by atoms with Gasteiger partial charge in [0.1, 0.15) is 6.10 Å². The molecule has 0 aromatic heterocycles. The number of hydrogen-bond acceptors (Lipinski definition) is 1. The van der Waals surface area contributed by atoms with Crippen LogP contribution in [0.3, 0.4) is 0 Å². The first-order chi connectivity index (χ1) is 10.2. The number of rotatable bonds is 5. The summed E-state index contributed by atoms with van der Waals surface area (Å²) in [5, 5.41) is 0.210. The first-order valence-electron chi connectivity index (χ1n) is 8.07. The lowest BCUT2D eigenvalue weighted by Crippen LogP contribution is -2.44. The van der Waals surface area contributed by atoms with E-state index in [-0.39, 0.29) is 11.1 Å². The summed E-state index contributed by atoms with van der Waals surface area (Å²) < 4.78 is 7.86. The van der Waals surface area contributed by atoms with Crippen LogP contribution in [0.5, 0.6) is 0 Å². The molecular formula is C19H29IOSi. The van der Waals surface area contributed by atoms with Crippen molar-refractivity contribution in [3.63, 3.8) is 0 Å². The molecule has 1 atom stereocenters. The average molecular weight is 428 g/mol. The highest BCUT2D eigenvalue weighted by Gasteiger charge is 2.39. The van der Waals surface area contributed by atoms with Crippen LogP contribution >= 0.6 is 22.6 Å². The number of unbranched alkanes of at least 4 members (excludes halogenated alkanes) is 1. The molecule has 3 heteroatoms. The molecule has 0 fully saturated rings. The highest BCUT2D eigenvalue weighted by Crippen LogP contribution is 2.37. The maximum absolute atomic E-state index is 6.57. The van der Waals surface area contributed by atoms with E-state index in [0.29, 0.717) is 0 Å². The van der Waals surface area contributed by atoms with Gasteiger partial charge in [0.25, 0.3) is 0 Å². The number of halogens is 1. The minimum atomic E-state index is -1.80. The van der Waals surface area contributed by atoms with Crippen LogP contribution in [-0.2, 0) is 10.8 Å². The minimum Gasteiger partial charge on any atom is -0.403 e. The van der Waals surface area contributed by atoms with E-state index in [2.05, 4.69) is 99.5 Å². The Hall–Kier alpha value is -0.313. The largest absolute Gasteiger partial charge is 0.403 e. The molecule has 0 aliphatic heterocycles. The Kier molecular flexibility index (Phi) is 7.64. The summed E-state index contributed by atoms with van der Waals surface area (Å²) in [5.41, 5.74) is 1.33. The van der Waals surface area contributed by atoms with E-state index >= 15 is 0 Å². The van der Waals surface area contributed by atoms with Crippen LogP contribution in [0, 0.1) is 15.4 Å². The molecule has 0 saturated carbocycles. The molecule has 1 aromatic rings. The maximum Gasteiger partial charge on any atom is 0.193 e. The summed E-state index contributed by atoms with van der Waals surface area (Å²) in [6.07, 6.45) is 2.93. The zero-order valence-electron chi connectivity index (χ0n) is 14.8. The second kappa shape index (κ2) is 8.51. The molecule has 0 radical (unpaired) electrons. The van der Waals surface area contributed by atoms with E-state index in [4.69, 9.17) is 4.43 Å². The predicted molar refractivity (Wildman–Crippen MR) is 108 cm³/mol. The topological polar surface area (TPSA) is 9.23 Å². The van der Waals surface area contributed by atoms with Gasteiger partial charge in [-0.2, -0.15) is 0 Å². The van der Waals surface area contributed by atoms with E-state index in [1.54, 1.807) is 0 Å². The lowest BCUT2D eigenvalue weighted by Gasteiger charge is -2.38. The molecule has 0 N–H and O–H groups in total. The lowest BCUT2D eigenvalue weighted by atomic mass is 10.1. The standard InChI is InChI=1S/C19H29IOSi/c1-7-8-9-13-17(21-22(5,6)19(2,3)4)15-16-12-10-11-14-18(16)20/h10-12,14,17H,7-8,15H2,1-6H3.